The molecule has 3 nitrogen and oxygen atoms in total. The smallest absolute Gasteiger partial charge is 0.224 e. The summed E-state index contributed by atoms with van der Waals surface area (Å²) in [5.41, 5.74) is 2.71. The first-order valence-corrected chi connectivity index (χ1v) is 8.16. The van der Waals surface area contributed by atoms with Crippen molar-refractivity contribution in [3.8, 4) is 5.75 Å². The Bertz CT molecular complexity index is 661. The molecule has 122 valence electrons. The Hall–Kier alpha value is -1.71. The largest absolute Gasteiger partial charge is 0.494 e. The van der Waals surface area contributed by atoms with Crippen molar-refractivity contribution >= 4 is 34.8 Å². The first-order valence-electron chi connectivity index (χ1n) is 7.40. The zero-order chi connectivity index (χ0) is 16.8. The van der Waals surface area contributed by atoms with Gasteiger partial charge in [0.2, 0.25) is 5.91 Å². The number of nitrogens with one attached hydrogen (secondary N) is 1. The lowest BCUT2D eigenvalue weighted by Crippen LogP contribution is -2.14. The topological polar surface area (TPSA) is 38.3 Å². The third-order valence-corrected chi connectivity index (χ3v) is 3.88. The molecule has 0 unspecified atom stereocenters. The summed E-state index contributed by atoms with van der Waals surface area (Å²) in [6, 6.07) is 11.0. The van der Waals surface area contributed by atoms with Crippen LogP contribution in [0.4, 0.5) is 5.69 Å². The van der Waals surface area contributed by atoms with Crippen molar-refractivity contribution in [2.24, 2.45) is 0 Å². The number of ether oxygens (including phenoxy) is 1. The molecule has 2 rings (SSSR count). The van der Waals surface area contributed by atoms with E-state index in [1.807, 2.05) is 26.0 Å². The third-order valence-electron chi connectivity index (χ3n) is 3.33. The van der Waals surface area contributed by atoms with Gasteiger partial charge in [-0.1, -0.05) is 29.3 Å². The summed E-state index contributed by atoms with van der Waals surface area (Å²) in [4.78, 5) is 12.0. The molecule has 5 heteroatoms. The minimum atomic E-state index is -0.0708. The van der Waals surface area contributed by atoms with Crippen molar-refractivity contribution < 1.29 is 9.53 Å². The Kier molecular flexibility index (Phi) is 6.31. The van der Waals surface area contributed by atoms with Gasteiger partial charge < -0.3 is 10.1 Å². The van der Waals surface area contributed by atoms with Gasteiger partial charge in [0.05, 0.1) is 17.3 Å². The minimum absolute atomic E-state index is 0.0708. The number of anilines is 1. The molecule has 0 saturated heterocycles. The van der Waals surface area contributed by atoms with E-state index in [2.05, 4.69) is 5.32 Å². The van der Waals surface area contributed by atoms with E-state index < -0.39 is 0 Å². The average molecular weight is 352 g/mol. The molecular weight excluding hydrogens is 333 g/mol. The normalized spacial score (nSPS) is 10.4. The second-order valence-corrected chi connectivity index (χ2v) is 6.24. The zero-order valence-electron chi connectivity index (χ0n) is 13.2. The number of hydrogen-bond acceptors (Lipinski definition) is 2. The van der Waals surface area contributed by atoms with E-state index in [0.717, 1.165) is 16.9 Å². The maximum absolute atomic E-state index is 12.0. The van der Waals surface area contributed by atoms with Gasteiger partial charge in [-0.25, -0.2) is 0 Å². The van der Waals surface area contributed by atoms with Crippen LogP contribution in [0.25, 0.3) is 0 Å². The number of rotatable bonds is 6. The highest BCUT2D eigenvalue weighted by molar-refractivity contribution is 6.34. The predicted octanol–water partition coefficient (Wildman–Crippen LogP) is 5.41. The van der Waals surface area contributed by atoms with Crippen molar-refractivity contribution in [2.75, 3.05) is 11.9 Å². The maximum Gasteiger partial charge on any atom is 0.224 e. The number of halogens is 2. The van der Waals surface area contributed by atoms with Crippen molar-refractivity contribution in [1.82, 2.24) is 0 Å². The van der Waals surface area contributed by atoms with Gasteiger partial charge >= 0.3 is 0 Å². The zero-order valence-corrected chi connectivity index (χ0v) is 14.7. The number of carbonyl (C=O) groups excluding carboxylic acids is 1. The molecular formula is C18H19Cl2NO2. The van der Waals surface area contributed by atoms with Crippen LogP contribution in [0.15, 0.2) is 36.4 Å². The van der Waals surface area contributed by atoms with Gasteiger partial charge in [-0.05, 0) is 61.7 Å². The van der Waals surface area contributed by atoms with Crippen LogP contribution in [0.1, 0.15) is 24.0 Å². The van der Waals surface area contributed by atoms with Crippen LogP contribution in [-0.2, 0) is 4.79 Å². The highest BCUT2D eigenvalue weighted by Crippen LogP contribution is 2.27. The van der Waals surface area contributed by atoms with Gasteiger partial charge in [-0.3, -0.25) is 4.79 Å². The molecule has 0 bridgehead atoms. The van der Waals surface area contributed by atoms with Crippen molar-refractivity contribution in [3.05, 3.63) is 57.6 Å². The fraction of sp³-hybridized carbons (Fsp3) is 0.278. The number of carbonyl (C=O) groups is 1. The van der Waals surface area contributed by atoms with Crippen LogP contribution in [0.3, 0.4) is 0 Å². The number of amides is 1. The van der Waals surface area contributed by atoms with Gasteiger partial charge in [0.1, 0.15) is 5.75 Å². The van der Waals surface area contributed by atoms with E-state index in [0.29, 0.717) is 35.2 Å². The molecule has 0 aromatic heterocycles. The summed E-state index contributed by atoms with van der Waals surface area (Å²) >= 11 is 12.0. The molecule has 0 aliphatic rings. The van der Waals surface area contributed by atoms with E-state index in [1.165, 1.54) is 0 Å². The number of benzene rings is 2. The molecule has 0 fully saturated rings. The monoisotopic (exact) mass is 351 g/mol. The quantitative estimate of drug-likeness (QED) is 0.706. The third kappa shape index (κ3) is 5.45. The van der Waals surface area contributed by atoms with Crippen LogP contribution in [0.5, 0.6) is 5.75 Å². The Balaban J connectivity index is 1.78. The van der Waals surface area contributed by atoms with E-state index in [4.69, 9.17) is 27.9 Å². The highest BCUT2D eigenvalue weighted by Gasteiger charge is 2.09. The summed E-state index contributed by atoms with van der Waals surface area (Å²) < 4.78 is 5.56. The molecule has 0 heterocycles. The molecule has 23 heavy (non-hydrogen) atoms. The van der Waals surface area contributed by atoms with Crippen molar-refractivity contribution in [3.63, 3.8) is 0 Å². The molecule has 0 aliphatic heterocycles. The highest BCUT2D eigenvalue weighted by atomic mass is 35.5. The van der Waals surface area contributed by atoms with Gasteiger partial charge in [0.25, 0.3) is 0 Å². The van der Waals surface area contributed by atoms with Crippen LogP contribution >= 0.6 is 23.2 Å². The lowest BCUT2D eigenvalue weighted by atomic mass is 10.1. The molecule has 2 aromatic carbocycles. The Morgan fingerprint density at radius 3 is 2.48 bits per heavy atom. The van der Waals surface area contributed by atoms with Gasteiger partial charge in [0.15, 0.2) is 0 Å². The van der Waals surface area contributed by atoms with Crippen LogP contribution < -0.4 is 10.1 Å². The maximum atomic E-state index is 12.0. The van der Waals surface area contributed by atoms with Crippen molar-refractivity contribution in [1.29, 1.82) is 0 Å². The summed E-state index contributed by atoms with van der Waals surface area (Å²) in [7, 11) is 0. The first kappa shape index (κ1) is 17.6. The fourth-order valence-electron chi connectivity index (χ4n) is 2.23. The molecule has 0 aliphatic carbocycles. The Labute approximate surface area is 146 Å². The standard InChI is InChI=1S/C18H19Cl2NO2/c1-12-10-13(2)18(16(20)11-12)21-17(22)4-3-9-23-15-7-5-14(19)6-8-15/h5-8,10-11H,3-4,9H2,1-2H3,(H,21,22). The van der Waals surface area contributed by atoms with Gasteiger partial charge in [-0.15, -0.1) is 0 Å². The van der Waals surface area contributed by atoms with Gasteiger partial charge in [-0.2, -0.15) is 0 Å². The molecule has 1 N–H and O–H groups in total. The fourth-order valence-corrected chi connectivity index (χ4v) is 2.72. The second-order valence-electron chi connectivity index (χ2n) is 5.39. The van der Waals surface area contributed by atoms with Crippen LogP contribution in [0.2, 0.25) is 10.0 Å². The number of aryl methyl sites for hydroxylation is 2. The Morgan fingerprint density at radius 1 is 1.13 bits per heavy atom. The molecule has 1 amide bonds. The lowest BCUT2D eigenvalue weighted by molar-refractivity contribution is -0.116. The van der Waals surface area contributed by atoms with E-state index in [-0.39, 0.29) is 5.91 Å². The molecule has 0 atom stereocenters. The van der Waals surface area contributed by atoms with Gasteiger partial charge in [0, 0.05) is 11.4 Å². The van der Waals surface area contributed by atoms with E-state index in [9.17, 15) is 4.79 Å². The molecule has 0 spiro atoms. The summed E-state index contributed by atoms with van der Waals surface area (Å²) in [5, 5.41) is 4.10. The molecule has 2 aromatic rings. The first-order chi connectivity index (χ1) is 11.0. The van der Waals surface area contributed by atoms with E-state index >= 15 is 0 Å². The summed E-state index contributed by atoms with van der Waals surface area (Å²) in [5.74, 6) is 0.672. The summed E-state index contributed by atoms with van der Waals surface area (Å²) in [6.45, 7) is 4.37. The lowest BCUT2D eigenvalue weighted by Gasteiger charge is -2.12. The minimum Gasteiger partial charge on any atom is -0.494 e. The van der Waals surface area contributed by atoms with Crippen molar-refractivity contribution in [2.45, 2.75) is 26.7 Å². The van der Waals surface area contributed by atoms with Crippen LogP contribution in [0, 0.1) is 13.8 Å². The molecule has 0 saturated carbocycles. The van der Waals surface area contributed by atoms with Crippen LogP contribution in [-0.4, -0.2) is 12.5 Å². The Morgan fingerprint density at radius 2 is 1.83 bits per heavy atom. The molecule has 0 radical (unpaired) electrons. The second kappa shape index (κ2) is 8.23. The summed E-state index contributed by atoms with van der Waals surface area (Å²) in [6.07, 6.45) is 0.994. The number of hydrogen-bond donors (Lipinski definition) is 1. The van der Waals surface area contributed by atoms with E-state index in [1.54, 1.807) is 24.3 Å². The predicted molar refractivity (Wildman–Crippen MR) is 95.7 cm³/mol. The SMILES string of the molecule is Cc1cc(C)c(NC(=O)CCCOc2ccc(Cl)cc2)c(Cl)c1. The average Bonchev–Trinajstić information content (AvgIpc) is 2.49.